The van der Waals surface area contributed by atoms with Crippen LogP contribution in [0.5, 0.6) is 5.75 Å². The Bertz CT molecular complexity index is 503. The quantitative estimate of drug-likeness (QED) is 0.722. The summed E-state index contributed by atoms with van der Waals surface area (Å²) in [5.41, 5.74) is 5.33. The number of rotatable bonds is 8. The topological polar surface area (TPSA) is 72.5 Å². The van der Waals surface area contributed by atoms with Gasteiger partial charge in [0.1, 0.15) is 5.75 Å². The average molecular weight is 319 g/mol. The molecule has 0 aromatic heterocycles. The van der Waals surface area contributed by atoms with Gasteiger partial charge in [0.15, 0.2) is 0 Å². The lowest BCUT2D eigenvalue weighted by molar-refractivity contribution is -0.139. The summed E-state index contributed by atoms with van der Waals surface area (Å²) in [7, 11) is 0. The van der Waals surface area contributed by atoms with E-state index in [0.717, 1.165) is 6.07 Å². The van der Waals surface area contributed by atoms with Gasteiger partial charge in [0, 0.05) is 6.42 Å². The first-order valence-corrected chi connectivity index (χ1v) is 6.96. The summed E-state index contributed by atoms with van der Waals surface area (Å²) in [4.78, 5) is 10.6. The Morgan fingerprint density at radius 3 is 2.64 bits per heavy atom. The fourth-order valence-electron chi connectivity index (χ4n) is 2.09. The van der Waals surface area contributed by atoms with Crippen molar-refractivity contribution in [2.45, 2.75) is 32.4 Å². The number of benzene rings is 1. The van der Waals surface area contributed by atoms with Crippen LogP contribution in [0.15, 0.2) is 18.2 Å². The second-order valence-corrected chi connectivity index (χ2v) is 5.19. The highest BCUT2D eigenvalue weighted by atomic mass is 19.4. The van der Waals surface area contributed by atoms with Crippen LogP contribution >= 0.6 is 0 Å². The van der Waals surface area contributed by atoms with Gasteiger partial charge in [0.2, 0.25) is 0 Å². The van der Waals surface area contributed by atoms with E-state index >= 15 is 0 Å². The first-order valence-electron chi connectivity index (χ1n) is 6.96. The normalized spacial score (nSPS) is 13.0. The molecule has 3 N–H and O–H groups in total. The van der Waals surface area contributed by atoms with Gasteiger partial charge in [-0.25, -0.2) is 0 Å². The summed E-state index contributed by atoms with van der Waals surface area (Å²) in [6.07, 6.45) is -3.57. The summed E-state index contributed by atoms with van der Waals surface area (Å²) < 4.78 is 43.8. The largest absolute Gasteiger partial charge is 0.493 e. The van der Waals surface area contributed by atoms with Gasteiger partial charge in [0.05, 0.1) is 12.2 Å². The van der Waals surface area contributed by atoms with Crippen molar-refractivity contribution < 1.29 is 27.8 Å². The number of ether oxygens (including phenoxy) is 1. The number of carboxylic acid groups (broad SMARTS) is 1. The summed E-state index contributed by atoms with van der Waals surface area (Å²) in [6, 6.07) is 3.73. The minimum atomic E-state index is -4.47. The van der Waals surface area contributed by atoms with Gasteiger partial charge in [-0.05, 0) is 49.9 Å². The van der Waals surface area contributed by atoms with E-state index in [9.17, 15) is 18.0 Å². The number of hydrogen-bond donors (Lipinski definition) is 2. The monoisotopic (exact) mass is 319 g/mol. The molecule has 1 aromatic carbocycles. The molecule has 0 spiro atoms. The van der Waals surface area contributed by atoms with Crippen molar-refractivity contribution in [2.24, 2.45) is 11.7 Å². The Kier molecular flexibility index (Phi) is 6.67. The summed E-state index contributed by atoms with van der Waals surface area (Å²) in [5.74, 6) is -1.33. The zero-order valence-electron chi connectivity index (χ0n) is 12.3. The Hall–Kier alpha value is -1.76. The Balaban J connectivity index is 2.58. The van der Waals surface area contributed by atoms with E-state index in [1.807, 2.05) is 0 Å². The minimum Gasteiger partial charge on any atom is -0.493 e. The molecule has 1 atom stereocenters. The number of alkyl halides is 3. The molecule has 0 bridgehead atoms. The molecule has 7 heteroatoms. The Morgan fingerprint density at radius 1 is 1.41 bits per heavy atom. The fourth-order valence-corrected chi connectivity index (χ4v) is 2.09. The van der Waals surface area contributed by atoms with Crippen molar-refractivity contribution in [1.82, 2.24) is 0 Å². The van der Waals surface area contributed by atoms with Crippen LogP contribution in [0.2, 0.25) is 0 Å². The fraction of sp³-hybridized carbons (Fsp3) is 0.533. The van der Waals surface area contributed by atoms with Crippen LogP contribution in [-0.4, -0.2) is 24.2 Å². The van der Waals surface area contributed by atoms with Gasteiger partial charge in [-0.1, -0.05) is 6.07 Å². The molecule has 22 heavy (non-hydrogen) atoms. The number of halogens is 3. The number of carboxylic acids is 1. The Labute approximate surface area is 127 Å². The highest BCUT2D eigenvalue weighted by molar-refractivity contribution is 5.67. The van der Waals surface area contributed by atoms with E-state index < -0.39 is 17.7 Å². The molecular weight excluding hydrogens is 299 g/mol. The molecule has 1 aromatic rings. The summed E-state index contributed by atoms with van der Waals surface area (Å²) >= 11 is 0. The lowest BCUT2D eigenvalue weighted by Gasteiger charge is -2.16. The molecule has 1 rings (SSSR count). The number of carbonyl (C=O) groups is 1. The van der Waals surface area contributed by atoms with Crippen LogP contribution in [0.25, 0.3) is 0 Å². The van der Waals surface area contributed by atoms with Crippen molar-refractivity contribution in [3.05, 3.63) is 29.3 Å². The molecule has 0 amide bonds. The second-order valence-electron chi connectivity index (χ2n) is 5.19. The van der Waals surface area contributed by atoms with Crippen molar-refractivity contribution in [3.8, 4) is 5.75 Å². The molecule has 0 fully saturated rings. The molecule has 124 valence electrons. The van der Waals surface area contributed by atoms with Crippen molar-refractivity contribution in [1.29, 1.82) is 0 Å². The van der Waals surface area contributed by atoms with E-state index in [1.165, 1.54) is 12.1 Å². The molecule has 0 aliphatic rings. The molecule has 0 aliphatic heterocycles. The first-order chi connectivity index (χ1) is 10.2. The van der Waals surface area contributed by atoms with Gasteiger partial charge in [0.25, 0.3) is 0 Å². The molecule has 0 heterocycles. The highest BCUT2D eigenvalue weighted by Gasteiger charge is 2.34. The van der Waals surface area contributed by atoms with Crippen LogP contribution in [0.4, 0.5) is 13.2 Å². The van der Waals surface area contributed by atoms with E-state index in [0.29, 0.717) is 18.4 Å². The van der Waals surface area contributed by atoms with Gasteiger partial charge in [-0.2, -0.15) is 13.2 Å². The highest BCUT2D eigenvalue weighted by Crippen LogP contribution is 2.36. The molecule has 0 radical (unpaired) electrons. The number of hydrogen-bond acceptors (Lipinski definition) is 3. The Morgan fingerprint density at radius 2 is 2.09 bits per heavy atom. The third kappa shape index (κ3) is 5.93. The standard InChI is InChI=1S/C15H20F3NO3/c1-10-4-5-12(15(16,17)18)13(7-10)22-6-2-3-11(9-19)8-14(20)21/h4-5,7,11H,2-3,6,8-9,19H2,1H3,(H,20,21)/t11-/m0/s1. The van der Waals surface area contributed by atoms with E-state index in [4.69, 9.17) is 15.6 Å². The average Bonchev–Trinajstić information content (AvgIpc) is 2.40. The van der Waals surface area contributed by atoms with Crippen LogP contribution in [0.1, 0.15) is 30.4 Å². The summed E-state index contributed by atoms with van der Waals surface area (Å²) in [6.45, 7) is 2.00. The van der Waals surface area contributed by atoms with Crippen molar-refractivity contribution in [2.75, 3.05) is 13.2 Å². The van der Waals surface area contributed by atoms with Gasteiger partial charge >= 0.3 is 12.1 Å². The number of aliphatic carboxylic acids is 1. The molecule has 0 unspecified atom stereocenters. The van der Waals surface area contributed by atoms with Gasteiger partial charge in [-0.15, -0.1) is 0 Å². The predicted molar refractivity (Wildman–Crippen MR) is 75.7 cm³/mol. The van der Waals surface area contributed by atoms with Crippen LogP contribution < -0.4 is 10.5 Å². The predicted octanol–water partition coefficient (Wildman–Crippen LogP) is 3.22. The van der Waals surface area contributed by atoms with Gasteiger partial charge in [-0.3, -0.25) is 4.79 Å². The number of aryl methyl sites for hydroxylation is 1. The third-order valence-electron chi connectivity index (χ3n) is 3.25. The molecular formula is C15H20F3NO3. The van der Waals surface area contributed by atoms with Crippen LogP contribution in [0.3, 0.4) is 0 Å². The van der Waals surface area contributed by atoms with Crippen LogP contribution in [0, 0.1) is 12.8 Å². The van der Waals surface area contributed by atoms with Gasteiger partial charge < -0.3 is 15.6 Å². The minimum absolute atomic E-state index is 0.0469. The lowest BCUT2D eigenvalue weighted by Crippen LogP contribution is -2.19. The lowest BCUT2D eigenvalue weighted by atomic mass is 10.00. The SMILES string of the molecule is Cc1ccc(C(F)(F)F)c(OCCC[C@H](CN)CC(=O)O)c1. The maximum Gasteiger partial charge on any atom is 0.419 e. The maximum atomic E-state index is 12.9. The van der Waals surface area contributed by atoms with Crippen molar-refractivity contribution >= 4 is 5.97 Å². The maximum absolute atomic E-state index is 12.9. The second kappa shape index (κ2) is 8.03. The smallest absolute Gasteiger partial charge is 0.419 e. The first kappa shape index (κ1) is 18.3. The van der Waals surface area contributed by atoms with E-state index in [1.54, 1.807) is 6.92 Å². The van der Waals surface area contributed by atoms with E-state index in [2.05, 4.69) is 0 Å². The third-order valence-corrected chi connectivity index (χ3v) is 3.25. The molecule has 0 aliphatic carbocycles. The van der Waals surface area contributed by atoms with E-state index in [-0.39, 0.29) is 31.2 Å². The zero-order chi connectivity index (χ0) is 16.8. The summed E-state index contributed by atoms with van der Waals surface area (Å²) in [5, 5.41) is 8.69. The van der Waals surface area contributed by atoms with Crippen molar-refractivity contribution in [3.63, 3.8) is 0 Å². The molecule has 0 saturated heterocycles. The molecule has 0 saturated carbocycles. The zero-order valence-corrected chi connectivity index (χ0v) is 12.3. The van der Waals surface area contributed by atoms with Crippen LogP contribution in [-0.2, 0) is 11.0 Å². The number of nitrogens with two attached hydrogens (primary N) is 1. The molecule has 4 nitrogen and oxygen atoms in total.